The fourth-order valence-electron chi connectivity index (χ4n) is 3.81. The molecule has 6 heteroatoms. The maximum Gasteiger partial charge on any atom is 0.282 e. The number of nitrogens with one attached hydrogen (secondary N) is 1. The fourth-order valence-corrected chi connectivity index (χ4v) is 4.03. The molecular weight excluding hydrogens is 436 g/mol. The van der Waals surface area contributed by atoms with Crippen LogP contribution < -0.4 is 15.0 Å². The van der Waals surface area contributed by atoms with Gasteiger partial charge in [0.25, 0.3) is 11.8 Å². The number of carbonyl (C=O) groups excluding carboxylic acids is 2. The van der Waals surface area contributed by atoms with E-state index in [2.05, 4.69) is 5.32 Å². The first-order chi connectivity index (χ1) is 15.8. The molecule has 5 nitrogen and oxygen atoms in total. The molecule has 33 heavy (non-hydrogen) atoms. The summed E-state index contributed by atoms with van der Waals surface area (Å²) in [5.74, 6) is -0.105. The van der Waals surface area contributed by atoms with Gasteiger partial charge in [-0.15, -0.1) is 0 Å². The largest absolute Gasteiger partial charge is 0.494 e. The van der Waals surface area contributed by atoms with Crippen molar-refractivity contribution in [3.05, 3.63) is 93.6 Å². The molecule has 3 aromatic rings. The number of halogens is 1. The molecule has 0 atom stereocenters. The van der Waals surface area contributed by atoms with Gasteiger partial charge >= 0.3 is 0 Å². The summed E-state index contributed by atoms with van der Waals surface area (Å²) >= 11 is 6.10. The highest BCUT2D eigenvalue weighted by Crippen LogP contribution is 2.35. The van der Waals surface area contributed by atoms with E-state index in [1.165, 1.54) is 4.90 Å². The number of hydrogen-bond donors (Lipinski definition) is 1. The Hall–Kier alpha value is -3.57. The maximum absolute atomic E-state index is 13.6. The quantitative estimate of drug-likeness (QED) is 0.454. The highest BCUT2D eigenvalue weighted by Gasteiger charge is 2.40. The second-order valence-corrected chi connectivity index (χ2v) is 8.44. The fraction of sp³-hybridized carbons (Fsp3) is 0.185. The lowest BCUT2D eigenvalue weighted by molar-refractivity contribution is -0.120. The average molecular weight is 461 g/mol. The zero-order valence-electron chi connectivity index (χ0n) is 19.0. The van der Waals surface area contributed by atoms with Crippen LogP contribution in [-0.4, -0.2) is 18.4 Å². The number of ether oxygens (including phenoxy) is 1. The normalized spacial score (nSPS) is 13.7. The van der Waals surface area contributed by atoms with E-state index in [1.54, 1.807) is 36.4 Å². The Bertz CT molecular complexity index is 1280. The molecule has 168 valence electrons. The summed E-state index contributed by atoms with van der Waals surface area (Å²) in [7, 11) is 0. The summed E-state index contributed by atoms with van der Waals surface area (Å²) in [6.07, 6.45) is 0. The molecule has 2 amide bonds. The van der Waals surface area contributed by atoms with Gasteiger partial charge in [0, 0.05) is 10.7 Å². The molecule has 0 saturated carbocycles. The number of imide groups is 1. The third-order valence-electron chi connectivity index (χ3n) is 5.73. The Morgan fingerprint density at radius 1 is 0.848 bits per heavy atom. The highest BCUT2D eigenvalue weighted by atomic mass is 35.5. The number of carbonyl (C=O) groups is 2. The molecule has 3 aromatic carbocycles. The summed E-state index contributed by atoms with van der Waals surface area (Å²) in [5, 5.41) is 3.82. The van der Waals surface area contributed by atoms with Crippen LogP contribution in [0.2, 0.25) is 5.02 Å². The number of rotatable bonds is 6. The van der Waals surface area contributed by atoms with E-state index in [-0.39, 0.29) is 11.6 Å². The van der Waals surface area contributed by atoms with E-state index in [1.807, 2.05) is 52.0 Å². The van der Waals surface area contributed by atoms with Gasteiger partial charge < -0.3 is 10.1 Å². The lowest BCUT2D eigenvalue weighted by atomic mass is 9.99. The van der Waals surface area contributed by atoms with Gasteiger partial charge in [0.1, 0.15) is 11.4 Å². The lowest BCUT2D eigenvalue weighted by Crippen LogP contribution is -2.32. The molecule has 1 aliphatic rings. The molecule has 0 unspecified atom stereocenters. The predicted octanol–water partition coefficient (Wildman–Crippen LogP) is 6.06. The van der Waals surface area contributed by atoms with E-state index in [4.69, 9.17) is 16.3 Å². The van der Waals surface area contributed by atoms with Gasteiger partial charge in [-0.05, 0) is 92.4 Å². The standard InChI is InChI=1S/C27H25ClN2O3/c1-5-33-22-11-9-21(10-12-22)30-26(31)24(19-7-6-16(2)17(3)14-19)25(27(30)32)29-23-13-8-20(28)15-18(23)4/h6-15,29H,5H2,1-4H3. The van der Waals surface area contributed by atoms with Crippen LogP contribution in [0.1, 0.15) is 29.2 Å². The maximum atomic E-state index is 13.6. The number of anilines is 2. The topological polar surface area (TPSA) is 58.6 Å². The van der Waals surface area contributed by atoms with Crippen LogP contribution >= 0.6 is 11.6 Å². The molecule has 4 rings (SSSR count). The molecule has 0 aliphatic carbocycles. The summed E-state index contributed by atoms with van der Waals surface area (Å²) in [6.45, 7) is 8.33. The van der Waals surface area contributed by atoms with Crippen LogP contribution in [0.4, 0.5) is 11.4 Å². The van der Waals surface area contributed by atoms with Gasteiger partial charge in [0.2, 0.25) is 0 Å². The number of nitrogens with zero attached hydrogens (tertiary/aromatic N) is 1. The minimum Gasteiger partial charge on any atom is -0.494 e. The van der Waals surface area contributed by atoms with Crippen molar-refractivity contribution in [2.24, 2.45) is 0 Å². The Morgan fingerprint density at radius 3 is 2.21 bits per heavy atom. The molecule has 0 aromatic heterocycles. The Labute approximate surface area is 198 Å². The SMILES string of the molecule is CCOc1ccc(N2C(=O)C(Nc3ccc(Cl)cc3C)=C(c3ccc(C)c(C)c3)C2=O)cc1. The van der Waals surface area contributed by atoms with Crippen LogP contribution in [0.5, 0.6) is 5.75 Å². The first-order valence-electron chi connectivity index (χ1n) is 10.8. The van der Waals surface area contributed by atoms with Crippen molar-refractivity contribution in [2.75, 3.05) is 16.8 Å². The molecule has 1 heterocycles. The second kappa shape index (κ2) is 9.12. The Balaban J connectivity index is 1.81. The van der Waals surface area contributed by atoms with Crippen LogP contribution in [-0.2, 0) is 9.59 Å². The van der Waals surface area contributed by atoms with E-state index in [0.29, 0.717) is 39.9 Å². The summed E-state index contributed by atoms with van der Waals surface area (Å²) in [6, 6.07) is 18.1. The Kier molecular flexibility index (Phi) is 6.25. The number of aryl methyl sites for hydroxylation is 3. The zero-order valence-corrected chi connectivity index (χ0v) is 19.8. The third-order valence-corrected chi connectivity index (χ3v) is 5.97. The van der Waals surface area contributed by atoms with E-state index in [9.17, 15) is 9.59 Å². The van der Waals surface area contributed by atoms with Crippen molar-refractivity contribution < 1.29 is 14.3 Å². The molecule has 0 spiro atoms. The van der Waals surface area contributed by atoms with E-state index < -0.39 is 5.91 Å². The van der Waals surface area contributed by atoms with Crippen molar-refractivity contribution in [1.29, 1.82) is 0 Å². The van der Waals surface area contributed by atoms with Crippen molar-refractivity contribution in [1.82, 2.24) is 0 Å². The van der Waals surface area contributed by atoms with Gasteiger partial charge in [-0.25, -0.2) is 4.90 Å². The smallest absolute Gasteiger partial charge is 0.282 e. The summed E-state index contributed by atoms with van der Waals surface area (Å²) in [5.41, 5.74) is 5.50. The van der Waals surface area contributed by atoms with Crippen molar-refractivity contribution >= 4 is 40.4 Å². The second-order valence-electron chi connectivity index (χ2n) is 8.01. The van der Waals surface area contributed by atoms with Crippen molar-refractivity contribution in [3.8, 4) is 5.75 Å². The molecule has 0 saturated heterocycles. The van der Waals surface area contributed by atoms with Crippen LogP contribution in [0.3, 0.4) is 0 Å². The number of benzene rings is 3. The summed E-state index contributed by atoms with van der Waals surface area (Å²) in [4.78, 5) is 28.4. The molecule has 0 fully saturated rings. The minimum absolute atomic E-state index is 0.238. The van der Waals surface area contributed by atoms with Gasteiger partial charge in [-0.3, -0.25) is 9.59 Å². The van der Waals surface area contributed by atoms with Crippen LogP contribution in [0.25, 0.3) is 5.57 Å². The van der Waals surface area contributed by atoms with Gasteiger partial charge in [0.15, 0.2) is 0 Å². The number of hydrogen-bond acceptors (Lipinski definition) is 4. The monoisotopic (exact) mass is 460 g/mol. The van der Waals surface area contributed by atoms with Crippen molar-refractivity contribution in [3.63, 3.8) is 0 Å². The van der Waals surface area contributed by atoms with Crippen molar-refractivity contribution in [2.45, 2.75) is 27.7 Å². The van der Waals surface area contributed by atoms with Gasteiger partial charge in [0.05, 0.1) is 17.9 Å². The van der Waals surface area contributed by atoms with E-state index in [0.717, 1.165) is 16.7 Å². The molecular formula is C27H25ClN2O3. The predicted molar refractivity (Wildman–Crippen MR) is 133 cm³/mol. The highest BCUT2D eigenvalue weighted by molar-refractivity contribution is 6.46. The van der Waals surface area contributed by atoms with Gasteiger partial charge in [-0.2, -0.15) is 0 Å². The van der Waals surface area contributed by atoms with E-state index >= 15 is 0 Å². The molecule has 0 radical (unpaired) electrons. The average Bonchev–Trinajstić information content (AvgIpc) is 3.02. The molecule has 1 N–H and O–H groups in total. The first-order valence-corrected chi connectivity index (χ1v) is 11.1. The summed E-state index contributed by atoms with van der Waals surface area (Å²) < 4.78 is 5.49. The first kappa shape index (κ1) is 22.6. The molecule has 0 bridgehead atoms. The number of amides is 2. The third kappa shape index (κ3) is 4.37. The van der Waals surface area contributed by atoms with Gasteiger partial charge in [-0.1, -0.05) is 29.8 Å². The van der Waals surface area contributed by atoms with Crippen LogP contribution in [0, 0.1) is 20.8 Å². The lowest BCUT2D eigenvalue weighted by Gasteiger charge is -2.16. The van der Waals surface area contributed by atoms with Crippen LogP contribution in [0.15, 0.2) is 66.4 Å². The zero-order chi connectivity index (χ0) is 23.7. The molecule has 1 aliphatic heterocycles. The Morgan fingerprint density at radius 2 is 1.58 bits per heavy atom. The minimum atomic E-state index is -0.410.